The lowest BCUT2D eigenvalue weighted by Crippen LogP contribution is -2.30. The van der Waals surface area contributed by atoms with Crippen molar-refractivity contribution < 1.29 is 27.7 Å². The summed E-state index contributed by atoms with van der Waals surface area (Å²) in [5, 5.41) is 17.3. The van der Waals surface area contributed by atoms with E-state index in [4.69, 9.17) is 4.74 Å². The van der Waals surface area contributed by atoms with Crippen LogP contribution in [0, 0.1) is 10.1 Å². The Balaban J connectivity index is 1.36. The lowest BCUT2D eigenvalue weighted by atomic mass is 10.2. The molecule has 0 aliphatic carbocycles. The molecular formula is C31H28N4O7S2. The number of nitrogens with one attached hydrogen (secondary N) is 3. The lowest BCUT2D eigenvalue weighted by Gasteiger charge is -2.11. The third-order valence-corrected chi connectivity index (χ3v) is 8.44. The number of rotatable bonds is 13. The number of sulfonamides is 1. The second-order valence-corrected chi connectivity index (χ2v) is 12.0. The Bertz CT molecular complexity index is 1780. The van der Waals surface area contributed by atoms with E-state index in [1.54, 1.807) is 30.0 Å². The van der Waals surface area contributed by atoms with Gasteiger partial charge in [-0.1, -0.05) is 36.4 Å². The fourth-order valence-electron chi connectivity index (χ4n) is 3.95. The van der Waals surface area contributed by atoms with Crippen LogP contribution in [0.1, 0.15) is 15.9 Å². The highest BCUT2D eigenvalue weighted by Gasteiger charge is 2.24. The first-order valence-electron chi connectivity index (χ1n) is 13.2. The summed E-state index contributed by atoms with van der Waals surface area (Å²) in [6.45, 7) is 0.401. The predicted octanol–water partition coefficient (Wildman–Crippen LogP) is 5.58. The zero-order valence-electron chi connectivity index (χ0n) is 23.4. The van der Waals surface area contributed by atoms with E-state index in [1.165, 1.54) is 49.6 Å². The van der Waals surface area contributed by atoms with Crippen LogP contribution in [-0.4, -0.2) is 44.6 Å². The fourth-order valence-corrected chi connectivity index (χ4v) is 5.73. The van der Waals surface area contributed by atoms with E-state index in [1.807, 2.05) is 47.2 Å². The largest absolute Gasteiger partial charge is 0.496 e. The lowest BCUT2D eigenvalue weighted by molar-refractivity contribution is -0.384. The van der Waals surface area contributed by atoms with Gasteiger partial charge in [0.2, 0.25) is 5.91 Å². The quantitative estimate of drug-likeness (QED) is 0.0563. The predicted molar refractivity (Wildman–Crippen MR) is 171 cm³/mol. The zero-order chi connectivity index (χ0) is 31.5. The Kier molecular flexibility index (Phi) is 10.7. The van der Waals surface area contributed by atoms with Crippen molar-refractivity contribution in [2.75, 3.05) is 30.0 Å². The van der Waals surface area contributed by atoms with Crippen molar-refractivity contribution in [2.45, 2.75) is 9.79 Å². The molecule has 0 heterocycles. The van der Waals surface area contributed by atoms with Crippen LogP contribution >= 0.6 is 11.8 Å². The molecule has 4 aromatic carbocycles. The first-order valence-corrected chi connectivity index (χ1v) is 15.6. The van der Waals surface area contributed by atoms with Gasteiger partial charge in [0, 0.05) is 46.1 Å². The van der Waals surface area contributed by atoms with Gasteiger partial charge in [0.15, 0.2) is 0 Å². The van der Waals surface area contributed by atoms with Crippen molar-refractivity contribution in [2.24, 2.45) is 0 Å². The molecule has 226 valence electrons. The van der Waals surface area contributed by atoms with Gasteiger partial charge in [-0.15, -0.1) is 11.8 Å². The van der Waals surface area contributed by atoms with Crippen molar-refractivity contribution >= 4 is 56.7 Å². The number of hydrogen-bond acceptors (Lipinski definition) is 9. The number of para-hydroxylation sites is 1. The van der Waals surface area contributed by atoms with Crippen LogP contribution < -0.4 is 20.1 Å². The van der Waals surface area contributed by atoms with Crippen LogP contribution in [0.15, 0.2) is 113 Å². The molecule has 0 bridgehead atoms. The Morgan fingerprint density at radius 2 is 1.66 bits per heavy atom. The molecule has 0 saturated heterocycles. The number of nitro benzene ring substituents is 1. The third kappa shape index (κ3) is 8.69. The zero-order valence-corrected chi connectivity index (χ0v) is 25.1. The Morgan fingerprint density at radius 3 is 2.36 bits per heavy atom. The Labute approximate surface area is 258 Å². The topological polar surface area (TPSA) is 157 Å². The third-order valence-electron chi connectivity index (χ3n) is 6.10. The number of thioether (sulfide) groups is 1. The van der Waals surface area contributed by atoms with E-state index >= 15 is 0 Å². The van der Waals surface area contributed by atoms with Gasteiger partial charge >= 0.3 is 0 Å². The normalized spacial score (nSPS) is 11.1. The molecule has 0 aliphatic rings. The maximum absolute atomic E-state index is 12.9. The number of nitro groups is 1. The van der Waals surface area contributed by atoms with Gasteiger partial charge in [-0.2, -0.15) is 0 Å². The van der Waals surface area contributed by atoms with Crippen molar-refractivity contribution in [1.82, 2.24) is 4.72 Å². The minimum atomic E-state index is -4.44. The van der Waals surface area contributed by atoms with Crippen LogP contribution in [0.2, 0.25) is 0 Å². The SMILES string of the molecule is COc1ccccc1C=CC(=O)Nc1ccc(C(=O)NS(=O)(=O)c2ccc(NCCSc3ccccc3)c([N+](=O)[O-])c2)cc1. The standard InChI is InChI=1S/C31H28N4O7S2/c1-42-29-10-6-5-7-22(29)13-18-30(36)33-24-14-11-23(12-15-24)31(37)34-44(40,41)26-16-17-27(28(21-26)35(38)39)32-19-20-43-25-8-3-2-4-9-25/h2-18,21,32H,19-20H2,1H3,(H,33,36)(H,34,37). The van der Waals surface area contributed by atoms with Crippen LogP contribution in [0.3, 0.4) is 0 Å². The number of amides is 2. The van der Waals surface area contributed by atoms with Gasteiger partial charge in [0.1, 0.15) is 11.4 Å². The second-order valence-electron chi connectivity index (χ2n) is 9.10. The number of hydrogen-bond donors (Lipinski definition) is 3. The fraction of sp³-hybridized carbons (Fsp3) is 0.0968. The summed E-state index contributed by atoms with van der Waals surface area (Å²) >= 11 is 1.57. The molecule has 4 aromatic rings. The maximum Gasteiger partial charge on any atom is 0.293 e. The van der Waals surface area contributed by atoms with Gasteiger partial charge in [0.05, 0.1) is 16.9 Å². The van der Waals surface area contributed by atoms with E-state index in [9.17, 15) is 28.1 Å². The Hall–Kier alpha value is -5.14. The summed E-state index contributed by atoms with van der Waals surface area (Å²) in [6, 6.07) is 25.8. The van der Waals surface area contributed by atoms with Crippen molar-refractivity contribution in [3.8, 4) is 5.75 Å². The minimum absolute atomic E-state index is 0.000148. The van der Waals surface area contributed by atoms with Gasteiger partial charge < -0.3 is 15.4 Å². The van der Waals surface area contributed by atoms with Crippen LogP contribution in [-0.2, 0) is 14.8 Å². The average molecular weight is 633 g/mol. The molecule has 2 amide bonds. The van der Waals surface area contributed by atoms with Gasteiger partial charge in [0.25, 0.3) is 21.6 Å². The highest BCUT2D eigenvalue weighted by molar-refractivity contribution is 7.99. The molecule has 0 aromatic heterocycles. The number of benzene rings is 4. The summed E-state index contributed by atoms with van der Waals surface area (Å²) in [7, 11) is -2.91. The van der Waals surface area contributed by atoms with E-state index in [0.717, 1.165) is 11.0 Å². The molecule has 11 nitrogen and oxygen atoms in total. The molecular weight excluding hydrogens is 604 g/mol. The summed E-state index contributed by atoms with van der Waals surface area (Å²) in [6.07, 6.45) is 2.92. The monoisotopic (exact) mass is 632 g/mol. The summed E-state index contributed by atoms with van der Waals surface area (Å²) < 4.78 is 33.0. The summed E-state index contributed by atoms with van der Waals surface area (Å²) in [5.41, 5.74) is 0.807. The van der Waals surface area contributed by atoms with E-state index in [-0.39, 0.29) is 11.3 Å². The van der Waals surface area contributed by atoms with Crippen LogP contribution in [0.5, 0.6) is 5.75 Å². The number of ether oxygens (including phenoxy) is 1. The van der Waals surface area contributed by atoms with Gasteiger partial charge in [-0.05, 0) is 60.7 Å². The number of carbonyl (C=O) groups is 2. The number of methoxy groups -OCH3 is 1. The molecule has 13 heteroatoms. The number of carbonyl (C=O) groups excluding carboxylic acids is 2. The van der Waals surface area contributed by atoms with Crippen molar-refractivity contribution in [1.29, 1.82) is 0 Å². The first-order chi connectivity index (χ1) is 21.2. The molecule has 0 saturated carbocycles. The van der Waals surface area contributed by atoms with Crippen LogP contribution in [0.25, 0.3) is 6.08 Å². The van der Waals surface area contributed by atoms with Crippen molar-refractivity contribution in [3.05, 3.63) is 124 Å². The molecule has 44 heavy (non-hydrogen) atoms. The molecule has 3 N–H and O–H groups in total. The number of nitrogens with zero attached hydrogens (tertiary/aromatic N) is 1. The Morgan fingerprint density at radius 1 is 0.955 bits per heavy atom. The van der Waals surface area contributed by atoms with E-state index in [0.29, 0.717) is 29.3 Å². The van der Waals surface area contributed by atoms with E-state index in [2.05, 4.69) is 10.6 Å². The smallest absolute Gasteiger partial charge is 0.293 e. The first kappa shape index (κ1) is 31.8. The summed E-state index contributed by atoms with van der Waals surface area (Å²) in [5.74, 6) is -0.135. The molecule has 0 atom stereocenters. The van der Waals surface area contributed by atoms with Crippen LogP contribution in [0.4, 0.5) is 17.1 Å². The van der Waals surface area contributed by atoms with Crippen molar-refractivity contribution in [3.63, 3.8) is 0 Å². The highest BCUT2D eigenvalue weighted by Crippen LogP contribution is 2.28. The maximum atomic E-state index is 12.9. The average Bonchev–Trinajstić information content (AvgIpc) is 3.02. The van der Waals surface area contributed by atoms with Gasteiger partial charge in [-0.25, -0.2) is 13.1 Å². The number of anilines is 2. The molecule has 0 spiro atoms. The molecule has 0 unspecified atom stereocenters. The molecule has 4 rings (SSSR count). The van der Waals surface area contributed by atoms with E-state index < -0.39 is 37.3 Å². The summed E-state index contributed by atoms with van der Waals surface area (Å²) in [4.78, 5) is 36.7. The molecule has 0 radical (unpaired) electrons. The molecule has 0 aliphatic heterocycles. The highest BCUT2D eigenvalue weighted by atomic mass is 32.2. The van der Waals surface area contributed by atoms with Gasteiger partial charge in [-0.3, -0.25) is 19.7 Å². The molecule has 0 fully saturated rings. The minimum Gasteiger partial charge on any atom is -0.496 e. The second kappa shape index (κ2) is 14.8.